The zero-order valence-corrected chi connectivity index (χ0v) is 19.0. The number of ketones is 1. The first kappa shape index (κ1) is 21.2. The summed E-state index contributed by atoms with van der Waals surface area (Å²) in [6.07, 6.45) is 2.80. The van der Waals surface area contributed by atoms with E-state index in [4.69, 9.17) is 4.74 Å². The van der Waals surface area contributed by atoms with E-state index in [0.29, 0.717) is 34.5 Å². The number of nitrogens with zero attached hydrogens (tertiary/aromatic N) is 2. The number of thiazole rings is 1. The Labute approximate surface area is 188 Å². The average molecular weight is 451 g/mol. The summed E-state index contributed by atoms with van der Waals surface area (Å²) >= 11 is 2.97. The quantitative estimate of drug-likeness (QED) is 0.339. The Morgan fingerprint density at radius 2 is 1.87 bits per heavy atom. The molecule has 0 fully saturated rings. The van der Waals surface area contributed by atoms with Crippen LogP contribution in [0.25, 0.3) is 5.13 Å². The number of Topliss-reactive ketones (excluding diaryl/α,β-unsaturated/α-hetero) is 1. The van der Waals surface area contributed by atoms with Crippen LogP contribution in [0.4, 0.5) is 0 Å². The van der Waals surface area contributed by atoms with Crippen molar-refractivity contribution in [2.75, 3.05) is 0 Å². The van der Waals surface area contributed by atoms with Crippen molar-refractivity contribution >= 4 is 28.5 Å². The average Bonchev–Trinajstić information content (AvgIpc) is 3.36. The van der Waals surface area contributed by atoms with Gasteiger partial charge in [0, 0.05) is 28.4 Å². The van der Waals surface area contributed by atoms with Crippen molar-refractivity contribution in [3.05, 3.63) is 97.0 Å². The van der Waals surface area contributed by atoms with Gasteiger partial charge in [-0.1, -0.05) is 41.7 Å². The lowest BCUT2D eigenvalue weighted by molar-refractivity contribution is 0.0986. The summed E-state index contributed by atoms with van der Waals surface area (Å²) in [7, 11) is 0. The Morgan fingerprint density at radius 1 is 1.06 bits per heavy atom. The zero-order valence-electron chi connectivity index (χ0n) is 17.3. The van der Waals surface area contributed by atoms with Crippen LogP contribution in [0.3, 0.4) is 0 Å². The minimum absolute atomic E-state index is 0.0585. The van der Waals surface area contributed by atoms with E-state index in [2.05, 4.69) is 24.0 Å². The first-order chi connectivity index (χ1) is 15.0. The second kappa shape index (κ2) is 9.41. The SMILES string of the molecule is Cc1ccc(CCC(=O)c2sc(-n3ccc(OCc4ccccc4)cc3=O)nc2C)s1. The first-order valence-electron chi connectivity index (χ1n) is 9.95. The highest BCUT2D eigenvalue weighted by molar-refractivity contribution is 7.16. The van der Waals surface area contributed by atoms with E-state index >= 15 is 0 Å². The molecule has 1 aromatic carbocycles. The number of ether oxygens (including phenoxy) is 1. The van der Waals surface area contributed by atoms with Gasteiger partial charge >= 0.3 is 0 Å². The molecule has 0 unspecified atom stereocenters. The fourth-order valence-corrected chi connectivity index (χ4v) is 5.08. The maximum Gasteiger partial charge on any atom is 0.260 e. The molecule has 5 nitrogen and oxygen atoms in total. The van der Waals surface area contributed by atoms with Gasteiger partial charge in [0.1, 0.15) is 12.4 Å². The van der Waals surface area contributed by atoms with Crippen molar-refractivity contribution in [1.29, 1.82) is 0 Å². The number of thiophene rings is 1. The Balaban J connectivity index is 1.45. The number of carbonyl (C=O) groups excluding carboxylic acids is 1. The first-order valence-corrected chi connectivity index (χ1v) is 11.6. The summed E-state index contributed by atoms with van der Waals surface area (Å²) < 4.78 is 7.17. The smallest absolute Gasteiger partial charge is 0.260 e. The molecule has 4 rings (SSSR count). The summed E-state index contributed by atoms with van der Waals surface area (Å²) in [5.74, 6) is 0.559. The zero-order chi connectivity index (χ0) is 21.8. The minimum Gasteiger partial charge on any atom is -0.489 e. The molecule has 0 spiro atoms. The number of benzene rings is 1. The number of hydrogen-bond donors (Lipinski definition) is 0. The topological polar surface area (TPSA) is 61.2 Å². The number of rotatable bonds is 8. The molecule has 0 N–H and O–H groups in total. The van der Waals surface area contributed by atoms with E-state index in [9.17, 15) is 9.59 Å². The highest BCUT2D eigenvalue weighted by Crippen LogP contribution is 2.24. The molecule has 0 saturated carbocycles. The third-order valence-corrected chi connectivity index (χ3v) is 7.04. The molecule has 0 aliphatic heterocycles. The Kier molecular flexibility index (Phi) is 6.44. The molecule has 7 heteroatoms. The van der Waals surface area contributed by atoms with Crippen molar-refractivity contribution in [1.82, 2.24) is 9.55 Å². The number of aryl methyl sites for hydroxylation is 3. The van der Waals surface area contributed by atoms with Crippen LogP contribution in [-0.4, -0.2) is 15.3 Å². The Hall–Kier alpha value is -3.03. The van der Waals surface area contributed by atoms with Crippen LogP contribution < -0.4 is 10.3 Å². The summed E-state index contributed by atoms with van der Waals surface area (Å²) in [4.78, 5) is 32.9. The van der Waals surface area contributed by atoms with Gasteiger partial charge < -0.3 is 4.74 Å². The fraction of sp³-hybridized carbons (Fsp3) is 0.208. The number of hydrogen-bond acceptors (Lipinski definition) is 6. The van der Waals surface area contributed by atoms with Gasteiger partial charge in [0.05, 0.1) is 10.6 Å². The van der Waals surface area contributed by atoms with Crippen LogP contribution in [0.1, 0.15) is 37.1 Å². The van der Waals surface area contributed by atoms with Gasteiger partial charge in [0.2, 0.25) is 0 Å². The van der Waals surface area contributed by atoms with Crippen LogP contribution in [0.2, 0.25) is 0 Å². The van der Waals surface area contributed by atoms with Gasteiger partial charge in [-0.3, -0.25) is 14.2 Å². The fourth-order valence-electron chi connectivity index (χ4n) is 3.16. The lowest BCUT2D eigenvalue weighted by Gasteiger charge is -2.07. The van der Waals surface area contributed by atoms with E-state index in [0.717, 1.165) is 12.0 Å². The van der Waals surface area contributed by atoms with Crippen molar-refractivity contribution in [3.8, 4) is 10.9 Å². The van der Waals surface area contributed by atoms with E-state index < -0.39 is 0 Å². The Bertz CT molecular complexity index is 1260. The van der Waals surface area contributed by atoms with Crippen molar-refractivity contribution in [3.63, 3.8) is 0 Å². The summed E-state index contributed by atoms with van der Waals surface area (Å²) in [6.45, 7) is 4.26. The lowest BCUT2D eigenvalue weighted by Crippen LogP contribution is -2.16. The van der Waals surface area contributed by atoms with Gasteiger partial charge in [-0.05, 0) is 44.0 Å². The molecular weight excluding hydrogens is 428 g/mol. The Morgan fingerprint density at radius 3 is 2.58 bits per heavy atom. The van der Waals surface area contributed by atoms with Crippen molar-refractivity contribution < 1.29 is 9.53 Å². The van der Waals surface area contributed by atoms with E-state index in [1.807, 2.05) is 37.3 Å². The second-order valence-electron chi connectivity index (χ2n) is 7.19. The van der Waals surface area contributed by atoms with Gasteiger partial charge in [-0.25, -0.2) is 4.98 Å². The number of aromatic nitrogens is 2. The highest BCUT2D eigenvalue weighted by atomic mass is 32.1. The standard InChI is InChI=1S/C24H22N2O3S2/c1-16-8-9-20(30-16)10-11-21(27)23-17(2)25-24(31-23)26-13-12-19(14-22(26)28)29-15-18-6-4-3-5-7-18/h3-9,12-14H,10-11,15H2,1-2H3. The molecule has 0 aliphatic carbocycles. The highest BCUT2D eigenvalue weighted by Gasteiger charge is 2.17. The van der Waals surface area contributed by atoms with Gasteiger partial charge in [0.25, 0.3) is 5.56 Å². The van der Waals surface area contributed by atoms with Crippen LogP contribution in [0, 0.1) is 13.8 Å². The molecular formula is C24H22N2O3S2. The van der Waals surface area contributed by atoms with Gasteiger partial charge in [-0.2, -0.15) is 0 Å². The van der Waals surface area contributed by atoms with Crippen molar-refractivity contribution in [2.45, 2.75) is 33.3 Å². The second-order valence-corrected chi connectivity index (χ2v) is 9.54. The summed E-state index contributed by atoms with van der Waals surface area (Å²) in [5.41, 5.74) is 1.44. The molecule has 0 radical (unpaired) electrons. The number of pyridine rings is 1. The largest absolute Gasteiger partial charge is 0.489 e. The lowest BCUT2D eigenvalue weighted by atomic mass is 10.1. The third-order valence-electron chi connectivity index (χ3n) is 4.78. The van der Waals surface area contributed by atoms with Gasteiger partial charge in [-0.15, -0.1) is 11.3 Å². The van der Waals surface area contributed by atoms with E-state index in [1.165, 1.54) is 31.7 Å². The van der Waals surface area contributed by atoms with Gasteiger partial charge in [0.15, 0.2) is 10.9 Å². The molecule has 31 heavy (non-hydrogen) atoms. The predicted molar refractivity (Wildman–Crippen MR) is 125 cm³/mol. The molecule has 0 amide bonds. The van der Waals surface area contributed by atoms with Crippen molar-refractivity contribution in [2.24, 2.45) is 0 Å². The van der Waals surface area contributed by atoms with E-state index in [1.54, 1.807) is 23.6 Å². The normalized spacial score (nSPS) is 10.9. The van der Waals surface area contributed by atoms with Crippen LogP contribution >= 0.6 is 22.7 Å². The summed E-state index contributed by atoms with van der Waals surface area (Å²) in [6, 6.07) is 17.1. The predicted octanol–water partition coefficient (Wildman–Crippen LogP) is 5.37. The third kappa shape index (κ3) is 5.18. The molecule has 0 bridgehead atoms. The molecule has 3 heterocycles. The molecule has 0 saturated heterocycles. The molecule has 0 aliphatic rings. The van der Waals surface area contributed by atoms with Crippen LogP contribution in [0.5, 0.6) is 5.75 Å². The molecule has 3 aromatic heterocycles. The van der Waals surface area contributed by atoms with E-state index in [-0.39, 0.29) is 11.3 Å². The minimum atomic E-state index is -0.243. The molecule has 158 valence electrons. The summed E-state index contributed by atoms with van der Waals surface area (Å²) in [5, 5.41) is 0.493. The molecule has 0 atom stereocenters. The molecule has 4 aromatic rings. The monoisotopic (exact) mass is 450 g/mol. The maximum atomic E-state index is 12.7. The number of carbonyl (C=O) groups is 1. The maximum absolute atomic E-state index is 12.7. The van der Waals surface area contributed by atoms with Crippen LogP contribution in [0.15, 0.2) is 65.6 Å². The van der Waals surface area contributed by atoms with Crippen LogP contribution in [-0.2, 0) is 13.0 Å².